The van der Waals surface area contributed by atoms with E-state index in [1.54, 1.807) is 0 Å². The normalized spacial score (nSPS) is 14.2. The first-order valence-corrected chi connectivity index (χ1v) is 45.0. The summed E-state index contributed by atoms with van der Waals surface area (Å²) in [6, 6.07) is 0. The van der Waals surface area contributed by atoms with Crippen LogP contribution in [0.5, 0.6) is 0 Å². The number of hydrogen-bond donors (Lipinski definition) is 3. The van der Waals surface area contributed by atoms with Crippen LogP contribution in [0.4, 0.5) is 0 Å². The van der Waals surface area contributed by atoms with Gasteiger partial charge in [0.2, 0.25) is 0 Å². The molecule has 0 saturated carbocycles. The van der Waals surface area contributed by atoms with Gasteiger partial charge < -0.3 is 33.8 Å². The van der Waals surface area contributed by atoms with Crippen molar-refractivity contribution in [3.63, 3.8) is 0 Å². The van der Waals surface area contributed by atoms with Gasteiger partial charge in [0.1, 0.15) is 19.3 Å². The predicted molar refractivity (Wildman–Crippen MR) is 409 cm³/mol. The molecule has 0 rings (SSSR count). The highest BCUT2D eigenvalue weighted by molar-refractivity contribution is 7.47. The molecule has 3 N–H and O–H groups in total. The average Bonchev–Trinajstić information content (AvgIpc) is 1.01. The minimum absolute atomic E-state index is 0.108. The zero-order valence-electron chi connectivity index (χ0n) is 65.5. The Labute approximate surface area is 613 Å². The minimum atomic E-state index is -4.96. The van der Waals surface area contributed by atoms with Gasteiger partial charge in [0.05, 0.1) is 26.4 Å². The quantitative estimate of drug-likeness (QED) is 0.0222. The summed E-state index contributed by atoms with van der Waals surface area (Å²) in [4.78, 5) is 73.1. The fourth-order valence-corrected chi connectivity index (χ4v) is 14.1. The van der Waals surface area contributed by atoms with Crippen molar-refractivity contribution < 1.29 is 80.2 Å². The Hall–Kier alpha value is -1.94. The molecule has 17 nitrogen and oxygen atoms in total. The number of aliphatic hydroxyl groups excluding tert-OH is 1. The van der Waals surface area contributed by atoms with Gasteiger partial charge in [-0.2, -0.15) is 0 Å². The average molecular weight is 1470 g/mol. The second-order valence-electron chi connectivity index (χ2n) is 29.9. The number of ether oxygens (including phenoxy) is 4. The topological polar surface area (TPSA) is 237 Å². The van der Waals surface area contributed by atoms with Gasteiger partial charge in [-0.25, -0.2) is 9.13 Å². The first-order valence-electron chi connectivity index (χ1n) is 42.0. The molecule has 100 heavy (non-hydrogen) atoms. The smallest absolute Gasteiger partial charge is 0.462 e. The van der Waals surface area contributed by atoms with Gasteiger partial charge in [0.25, 0.3) is 0 Å². The molecule has 0 aliphatic rings. The van der Waals surface area contributed by atoms with E-state index in [4.69, 9.17) is 37.0 Å². The molecule has 0 amide bonds. The Morgan fingerprint density at radius 2 is 0.510 bits per heavy atom. The Morgan fingerprint density at radius 3 is 0.760 bits per heavy atom. The maximum atomic E-state index is 13.1. The van der Waals surface area contributed by atoms with Crippen molar-refractivity contribution in [2.45, 2.75) is 445 Å². The molecule has 0 heterocycles. The lowest BCUT2D eigenvalue weighted by Crippen LogP contribution is -2.30. The van der Waals surface area contributed by atoms with Crippen molar-refractivity contribution in [1.29, 1.82) is 0 Å². The number of phosphoric ester groups is 2. The Balaban J connectivity index is 5.27. The SMILES string of the molecule is CCCCCCCCCCCCCCCCCCCC(=O)O[C@H](COC(=O)CCCCCCCCCCCCCCCC(C)C)COP(=O)(O)OC[C@@H](O)COP(=O)(O)OC[C@@H](COC(=O)CCCCCCCCCCC(C)CC)OC(=O)CCCCCCCCCCCCCCCCC. The van der Waals surface area contributed by atoms with E-state index in [-0.39, 0.29) is 25.7 Å². The van der Waals surface area contributed by atoms with E-state index in [9.17, 15) is 43.2 Å². The first kappa shape index (κ1) is 98.1. The number of hydrogen-bond acceptors (Lipinski definition) is 15. The van der Waals surface area contributed by atoms with Crippen LogP contribution in [0, 0.1) is 11.8 Å². The molecule has 0 aromatic carbocycles. The summed E-state index contributed by atoms with van der Waals surface area (Å²) < 4.78 is 68.8. The Bertz CT molecular complexity index is 1930. The maximum Gasteiger partial charge on any atom is 0.472 e. The van der Waals surface area contributed by atoms with Crippen LogP contribution < -0.4 is 0 Å². The summed E-state index contributed by atoms with van der Waals surface area (Å²) >= 11 is 0. The van der Waals surface area contributed by atoms with Gasteiger partial charge in [-0.1, -0.05) is 375 Å². The van der Waals surface area contributed by atoms with Gasteiger partial charge in [0.15, 0.2) is 12.2 Å². The highest BCUT2D eigenvalue weighted by Gasteiger charge is 2.30. The number of aliphatic hydroxyl groups is 1. The number of phosphoric acid groups is 2. The van der Waals surface area contributed by atoms with Gasteiger partial charge in [-0.15, -0.1) is 0 Å². The molecule has 0 fully saturated rings. The van der Waals surface area contributed by atoms with Crippen LogP contribution in [0.1, 0.15) is 427 Å². The molecule has 0 radical (unpaired) electrons. The second-order valence-corrected chi connectivity index (χ2v) is 32.8. The van der Waals surface area contributed by atoms with E-state index in [1.165, 1.54) is 244 Å². The molecule has 594 valence electrons. The maximum absolute atomic E-state index is 13.1. The molecule has 0 aromatic heterocycles. The third kappa shape index (κ3) is 73.0. The van der Waals surface area contributed by atoms with Crippen molar-refractivity contribution in [2.75, 3.05) is 39.6 Å². The van der Waals surface area contributed by atoms with E-state index in [0.29, 0.717) is 25.7 Å². The van der Waals surface area contributed by atoms with Crippen LogP contribution >= 0.6 is 15.6 Å². The third-order valence-corrected chi connectivity index (χ3v) is 21.2. The van der Waals surface area contributed by atoms with Gasteiger partial charge >= 0.3 is 39.5 Å². The molecule has 0 spiro atoms. The van der Waals surface area contributed by atoms with E-state index in [1.807, 2.05) is 0 Å². The van der Waals surface area contributed by atoms with Gasteiger partial charge in [-0.05, 0) is 37.5 Å². The summed E-state index contributed by atoms with van der Waals surface area (Å²) in [7, 11) is -9.92. The van der Waals surface area contributed by atoms with Crippen LogP contribution in [0.3, 0.4) is 0 Å². The highest BCUT2D eigenvalue weighted by Crippen LogP contribution is 2.45. The number of rotatable bonds is 80. The van der Waals surface area contributed by atoms with E-state index < -0.39 is 97.5 Å². The first-order chi connectivity index (χ1) is 48.4. The summed E-state index contributed by atoms with van der Waals surface area (Å²) in [6.07, 6.45) is 62.2. The number of carbonyl (C=O) groups is 4. The number of unbranched alkanes of at least 4 members (excludes halogenated alkanes) is 49. The molecule has 19 heteroatoms. The van der Waals surface area contributed by atoms with E-state index in [2.05, 4.69) is 41.5 Å². The summed E-state index contributed by atoms with van der Waals surface area (Å²) in [5.41, 5.74) is 0. The van der Waals surface area contributed by atoms with Crippen LogP contribution in [0.15, 0.2) is 0 Å². The monoisotopic (exact) mass is 1470 g/mol. The standard InChI is InChI=1S/C81H158O17P2/c1-7-10-12-14-16-18-20-22-24-25-27-31-36-40-48-54-60-66-80(85)97-76(69-91-78(83)63-57-51-45-38-34-32-28-29-33-37-43-49-55-61-73(4)5)71-95-99(87,88)93-67-75(82)68-94-100(89,90)96-72-77(70-92-79(84)64-58-52-46-42-41-44-50-56-62-74(6)9-3)98-81(86)65-59-53-47-39-35-30-26-23-21-19-17-15-13-11-8-2/h73-77,82H,7-72H2,1-6H3,(H,87,88)(H,89,90)/t74?,75-,76-,77-/m1/s1. The fourth-order valence-electron chi connectivity index (χ4n) is 12.5. The highest BCUT2D eigenvalue weighted by atomic mass is 31.2. The van der Waals surface area contributed by atoms with Crippen LogP contribution in [0.2, 0.25) is 0 Å². The zero-order chi connectivity index (χ0) is 73.5. The molecule has 0 saturated heterocycles. The van der Waals surface area contributed by atoms with Crippen molar-refractivity contribution in [3.8, 4) is 0 Å². The van der Waals surface area contributed by atoms with E-state index in [0.717, 1.165) is 102 Å². The van der Waals surface area contributed by atoms with E-state index >= 15 is 0 Å². The van der Waals surface area contributed by atoms with Crippen molar-refractivity contribution in [2.24, 2.45) is 11.8 Å². The lowest BCUT2D eigenvalue weighted by Gasteiger charge is -2.21. The van der Waals surface area contributed by atoms with Crippen LogP contribution in [-0.2, 0) is 65.4 Å². The van der Waals surface area contributed by atoms with Gasteiger partial charge in [-0.3, -0.25) is 37.3 Å². The predicted octanol–water partition coefficient (Wildman–Crippen LogP) is 24.3. The number of carbonyl (C=O) groups excluding carboxylic acids is 4. The Morgan fingerprint density at radius 1 is 0.290 bits per heavy atom. The largest absolute Gasteiger partial charge is 0.472 e. The summed E-state index contributed by atoms with van der Waals surface area (Å²) in [5, 5.41) is 10.6. The summed E-state index contributed by atoms with van der Waals surface area (Å²) in [6.45, 7) is 9.67. The lowest BCUT2D eigenvalue weighted by molar-refractivity contribution is -0.161. The van der Waals surface area contributed by atoms with Crippen LogP contribution in [-0.4, -0.2) is 96.7 Å². The summed E-state index contributed by atoms with van der Waals surface area (Å²) in [5.74, 6) is -0.537. The van der Waals surface area contributed by atoms with Crippen molar-refractivity contribution in [1.82, 2.24) is 0 Å². The molecular formula is C81H158O17P2. The molecule has 0 aromatic rings. The zero-order valence-corrected chi connectivity index (χ0v) is 67.3. The second kappa shape index (κ2) is 72.6. The lowest BCUT2D eigenvalue weighted by atomic mass is 9.99. The fraction of sp³-hybridized carbons (Fsp3) is 0.951. The molecule has 3 unspecified atom stereocenters. The number of esters is 4. The third-order valence-electron chi connectivity index (χ3n) is 19.3. The van der Waals surface area contributed by atoms with Gasteiger partial charge in [0, 0.05) is 25.7 Å². The molecule has 0 aliphatic heterocycles. The molecule has 0 bridgehead atoms. The Kier molecular flexibility index (Phi) is 71.2. The van der Waals surface area contributed by atoms with Crippen molar-refractivity contribution in [3.05, 3.63) is 0 Å². The molecule has 6 atom stereocenters. The van der Waals surface area contributed by atoms with Crippen molar-refractivity contribution >= 4 is 39.5 Å². The minimum Gasteiger partial charge on any atom is -0.462 e. The molecular weight excluding hydrogens is 1310 g/mol. The van der Waals surface area contributed by atoms with Crippen LogP contribution in [0.25, 0.3) is 0 Å². The molecule has 0 aliphatic carbocycles.